The lowest BCUT2D eigenvalue weighted by molar-refractivity contribution is 0.410. The number of imidazole rings is 1. The van der Waals surface area contributed by atoms with Gasteiger partial charge in [0.2, 0.25) is 5.95 Å². The maximum atomic E-state index is 6.24. The van der Waals surface area contributed by atoms with Crippen LogP contribution in [0.1, 0.15) is 44.0 Å². The van der Waals surface area contributed by atoms with Gasteiger partial charge in [0.25, 0.3) is 0 Å². The van der Waals surface area contributed by atoms with E-state index in [1.54, 1.807) is 6.07 Å². The number of halogens is 1. The van der Waals surface area contributed by atoms with E-state index in [0.717, 1.165) is 42.7 Å². The van der Waals surface area contributed by atoms with Crippen LogP contribution < -0.4 is 22.5 Å². The average Bonchev–Trinajstić information content (AvgIpc) is 3.04. The first-order valence-electron chi connectivity index (χ1n) is 10.0. The van der Waals surface area contributed by atoms with E-state index in [4.69, 9.17) is 38.8 Å². The van der Waals surface area contributed by atoms with Crippen molar-refractivity contribution in [1.82, 2.24) is 19.5 Å². The van der Waals surface area contributed by atoms with Crippen molar-refractivity contribution in [2.75, 3.05) is 16.8 Å². The van der Waals surface area contributed by atoms with E-state index in [1.165, 1.54) is 0 Å². The number of rotatable bonds is 5. The van der Waals surface area contributed by atoms with Crippen LogP contribution in [0.2, 0.25) is 5.02 Å². The summed E-state index contributed by atoms with van der Waals surface area (Å²) in [6.07, 6.45) is 4.57. The molecule has 0 bridgehead atoms. The minimum absolute atomic E-state index is 0.296. The molecule has 1 fully saturated rings. The summed E-state index contributed by atoms with van der Waals surface area (Å²) >= 11 is 6.14. The Kier molecular flexibility index (Phi) is 5.47. The summed E-state index contributed by atoms with van der Waals surface area (Å²) in [6, 6.07) is 6.07. The number of nitrogen functional groups attached to an aromatic ring is 2. The average molecular weight is 415 g/mol. The van der Waals surface area contributed by atoms with Crippen LogP contribution >= 0.6 is 11.6 Å². The Morgan fingerprint density at radius 1 is 1.14 bits per heavy atom. The van der Waals surface area contributed by atoms with Gasteiger partial charge in [0.15, 0.2) is 17.0 Å². The molecular weight excluding hydrogens is 388 g/mol. The van der Waals surface area contributed by atoms with Crippen LogP contribution in [0.25, 0.3) is 11.2 Å². The van der Waals surface area contributed by atoms with Crippen LogP contribution in [-0.4, -0.2) is 31.6 Å². The zero-order valence-corrected chi connectivity index (χ0v) is 17.3. The number of nitrogens with one attached hydrogen (secondary N) is 1. The first-order chi connectivity index (χ1) is 13.9. The normalized spacial score (nSPS) is 19.6. The topological polar surface area (TPSA) is 134 Å². The van der Waals surface area contributed by atoms with Gasteiger partial charge in [0.1, 0.15) is 5.82 Å². The first kappa shape index (κ1) is 19.7. The van der Waals surface area contributed by atoms with E-state index in [0.29, 0.717) is 53.0 Å². The molecule has 9 heteroatoms. The quantitative estimate of drug-likeness (QED) is 0.471. The zero-order valence-electron chi connectivity index (χ0n) is 16.5. The molecule has 1 saturated carbocycles. The summed E-state index contributed by atoms with van der Waals surface area (Å²) < 4.78 is 2.05. The minimum atomic E-state index is 0.296. The number of hydrogen-bond donors (Lipinski definition) is 4. The molecule has 1 aromatic carbocycles. The Hall–Kier alpha value is -2.58. The molecule has 1 aliphatic carbocycles. The Bertz CT molecular complexity index is 1020. The van der Waals surface area contributed by atoms with E-state index >= 15 is 0 Å². The fourth-order valence-electron chi connectivity index (χ4n) is 3.94. The molecule has 2 heterocycles. The van der Waals surface area contributed by atoms with Crippen LogP contribution in [-0.2, 0) is 13.0 Å². The molecule has 8 nitrogen and oxygen atoms in total. The molecule has 1 aliphatic rings. The molecule has 0 unspecified atom stereocenters. The summed E-state index contributed by atoms with van der Waals surface area (Å²) in [5, 5.41) is 4.07. The Morgan fingerprint density at radius 3 is 2.62 bits per heavy atom. The molecule has 29 heavy (non-hydrogen) atoms. The van der Waals surface area contributed by atoms with E-state index < -0.39 is 0 Å². The molecule has 0 saturated heterocycles. The van der Waals surface area contributed by atoms with Crippen molar-refractivity contribution in [1.29, 1.82) is 0 Å². The zero-order chi connectivity index (χ0) is 20.5. The van der Waals surface area contributed by atoms with Gasteiger partial charge in [-0.1, -0.05) is 11.6 Å². The summed E-state index contributed by atoms with van der Waals surface area (Å²) in [5.41, 5.74) is 21.3. The molecule has 3 aromatic rings. The Balaban J connectivity index is 1.67. The molecule has 0 aliphatic heterocycles. The predicted molar refractivity (Wildman–Crippen MR) is 118 cm³/mol. The second-order valence-electron chi connectivity index (χ2n) is 7.65. The van der Waals surface area contributed by atoms with Gasteiger partial charge in [-0.25, -0.2) is 4.98 Å². The van der Waals surface area contributed by atoms with Gasteiger partial charge in [-0.05, 0) is 56.4 Å². The third-order valence-corrected chi connectivity index (χ3v) is 5.81. The monoisotopic (exact) mass is 414 g/mol. The summed E-state index contributed by atoms with van der Waals surface area (Å²) in [6.45, 7) is 2.76. The maximum absolute atomic E-state index is 6.24. The molecule has 0 spiro atoms. The fourth-order valence-corrected chi connectivity index (χ4v) is 4.14. The molecule has 0 radical (unpaired) electrons. The number of anilines is 3. The molecule has 4 rings (SSSR count). The molecule has 7 N–H and O–H groups in total. The number of nitrogens with two attached hydrogens (primary N) is 3. The number of nitrogens with zero attached hydrogens (tertiary/aromatic N) is 4. The van der Waals surface area contributed by atoms with Gasteiger partial charge in [-0.3, -0.25) is 0 Å². The number of aryl methyl sites for hydroxylation is 1. The SMILES string of the molecule is CCn1c(Cc2cc(Cl)ccc2N)nc2c(N)nc(NC3CCC(N)CC3)nc21. The van der Waals surface area contributed by atoms with Crippen molar-refractivity contribution in [3.05, 3.63) is 34.6 Å². The van der Waals surface area contributed by atoms with Crippen LogP contribution in [0.4, 0.5) is 17.5 Å². The third kappa shape index (κ3) is 4.09. The fraction of sp³-hybridized carbons (Fsp3) is 0.450. The van der Waals surface area contributed by atoms with Crippen LogP contribution in [0, 0.1) is 0 Å². The Labute approximate surface area is 174 Å². The minimum Gasteiger partial charge on any atom is -0.398 e. The van der Waals surface area contributed by atoms with Crippen LogP contribution in [0.5, 0.6) is 0 Å². The summed E-state index contributed by atoms with van der Waals surface area (Å²) in [4.78, 5) is 13.9. The smallest absolute Gasteiger partial charge is 0.226 e. The molecule has 0 atom stereocenters. The van der Waals surface area contributed by atoms with Gasteiger partial charge < -0.3 is 27.1 Å². The predicted octanol–water partition coefficient (Wildman–Crippen LogP) is 2.94. The van der Waals surface area contributed by atoms with Gasteiger partial charge in [-0.2, -0.15) is 9.97 Å². The van der Waals surface area contributed by atoms with Gasteiger partial charge in [0.05, 0.1) is 0 Å². The number of aromatic nitrogens is 4. The molecule has 2 aromatic heterocycles. The van der Waals surface area contributed by atoms with Crippen molar-refractivity contribution in [3.63, 3.8) is 0 Å². The Morgan fingerprint density at radius 2 is 1.90 bits per heavy atom. The lowest BCUT2D eigenvalue weighted by atomic mass is 9.92. The summed E-state index contributed by atoms with van der Waals surface area (Å²) in [7, 11) is 0. The van der Waals surface area contributed by atoms with Crippen LogP contribution in [0.3, 0.4) is 0 Å². The van der Waals surface area contributed by atoms with Crippen molar-refractivity contribution in [3.8, 4) is 0 Å². The highest BCUT2D eigenvalue weighted by Gasteiger charge is 2.21. The second-order valence-corrected chi connectivity index (χ2v) is 8.09. The second kappa shape index (κ2) is 8.04. The molecular formula is C20H27ClN8. The maximum Gasteiger partial charge on any atom is 0.226 e. The van der Waals surface area contributed by atoms with Crippen molar-refractivity contribution >= 4 is 40.2 Å². The lowest BCUT2D eigenvalue weighted by Gasteiger charge is -2.26. The van der Waals surface area contributed by atoms with E-state index in [9.17, 15) is 0 Å². The largest absolute Gasteiger partial charge is 0.398 e. The highest BCUT2D eigenvalue weighted by molar-refractivity contribution is 6.30. The standard InChI is InChI=1S/C20H27ClN8/c1-2-29-16(10-11-9-12(21)3-8-15(11)23)26-17-18(24)27-20(28-19(17)29)25-14-6-4-13(22)5-7-14/h3,8-9,13-14H,2,4-7,10,22-23H2,1H3,(H3,24,25,27,28). The number of fused-ring (bicyclic) bond motifs is 1. The van der Waals surface area contributed by atoms with Crippen molar-refractivity contribution in [2.45, 2.75) is 57.7 Å². The van der Waals surface area contributed by atoms with Crippen LogP contribution in [0.15, 0.2) is 18.2 Å². The van der Waals surface area contributed by atoms with Crippen molar-refractivity contribution in [2.24, 2.45) is 5.73 Å². The van der Waals surface area contributed by atoms with E-state index in [-0.39, 0.29) is 0 Å². The first-order valence-corrected chi connectivity index (χ1v) is 10.4. The highest BCUT2D eigenvalue weighted by atomic mass is 35.5. The van der Waals surface area contributed by atoms with Crippen molar-refractivity contribution < 1.29 is 0 Å². The number of hydrogen-bond acceptors (Lipinski definition) is 7. The molecule has 154 valence electrons. The number of benzene rings is 1. The molecule has 0 amide bonds. The van der Waals surface area contributed by atoms with Gasteiger partial charge in [0, 0.05) is 35.8 Å². The van der Waals surface area contributed by atoms with Gasteiger partial charge >= 0.3 is 0 Å². The van der Waals surface area contributed by atoms with E-state index in [2.05, 4.69) is 21.8 Å². The lowest BCUT2D eigenvalue weighted by Crippen LogP contribution is -2.33. The highest BCUT2D eigenvalue weighted by Crippen LogP contribution is 2.26. The van der Waals surface area contributed by atoms with Gasteiger partial charge in [-0.15, -0.1) is 0 Å². The third-order valence-electron chi connectivity index (χ3n) is 5.58. The summed E-state index contributed by atoms with van der Waals surface area (Å²) in [5.74, 6) is 1.75. The van der Waals surface area contributed by atoms with E-state index in [1.807, 2.05) is 12.1 Å².